The second kappa shape index (κ2) is 5.50. The highest BCUT2D eigenvalue weighted by molar-refractivity contribution is 5.27. The lowest BCUT2D eigenvalue weighted by Crippen LogP contribution is -1.95. The summed E-state index contributed by atoms with van der Waals surface area (Å²) in [6.45, 7) is 2.41. The molecule has 0 amide bonds. The number of hydrogen-bond acceptors (Lipinski definition) is 4. The van der Waals surface area contributed by atoms with Gasteiger partial charge in [-0.05, 0) is 31.0 Å². The molecule has 0 aliphatic heterocycles. The second-order valence-electron chi connectivity index (χ2n) is 3.84. The molecule has 1 N–H and O–H groups in total. The van der Waals surface area contributed by atoms with E-state index < -0.39 is 0 Å². The van der Waals surface area contributed by atoms with E-state index in [-0.39, 0.29) is 6.61 Å². The van der Waals surface area contributed by atoms with Crippen molar-refractivity contribution in [3.8, 4) is 5.75 Å². The third-order valence-electron chi connectivity index (χ3n) is 2.38. The number of rotatable bonds is 5. The number of aliphatic hydroxyl groups is 1. The summed E-state index contributed by atoms with van der Waals surface area (Å²) in [4.78, 5) is 0. The number of ether oxygens (including phenoxy) is 1. The minimum absolute atomic E-state index is 0.164. The van der Waals surface area contributed by atoms with Crippen molar-refractivity contribution in [3.63, 3.8) is 0 Å². The zero-order chi connectivity index (χ0) is 12.1. The average Bonchev–Trinajstić information content (AvgIpc) is 2.75. The highest BCUT2D eigenvalue weighted by atomic mass is 16.5. The van der Waals surface area contributed by atoms with E-state index in [0.717, 1.165) is 17.0 Å². The van der Waals surface area contributed by atoms with Crippen LogP contribution in [0.25, 0.3) is 0 Å². The van der Waals surface area contributed by atoms with Crippen LogP contribution in [0.4, 0.5) is 0 Å². The highest BCUT2D eigenvalue weighted by Gasteiger charge is 2.01. The van der Waals surface area contributed by atoms with Gasteiger partial charge in [0.05, 0.1) is 5.69 Å². The van der Waals surface area contributed by atoms with Crippen LogP contribution in [0.5, 0.6) is 5.75 Å². The Bertz CT molecular complexity index is 462. The maximum atomic E-state index is 8.79. The topological polar surface area (TPSA) is 55.5 Å². The molecule has 1 heterocycles. The molecule has 0 aliphatic carbocycles. The van der Waals surface area contributed by atoms with E-state index in [0.29, 0.717) is 18.8 Å². The van der Waals surface area contributed by atoms with Crippen LogP contribution in [0.3, 0.4) is 0 Å². The Morgan fingerprint density at radius 3 is 2.65 bits per heavy atom. The molecule has 0 atom stereocenters. The molecule has 0 saturated carbocycles. The molecule has 0 bridgehead atoms. The molecule has 4 heteroatoms. The summed E-state index contributed by atoms with van der Waals surface area (Å²) in [7, 11) is 0. The summed E-state index contributed by atoms with van der Waals surface area (Å²) >= 11 is 0. The lowest BCUT2D eigenvalue weighted by atomic mass is 10.1. The summed E-state index contributed by atoms with van der Waals surface area (Å²) in [5.74, 6) is 1.49. The van der Waals surface area contributed by atoms with E-state index in [1.165, 1.54) is 0 Å². The van der Waals surface area contributed by atoms with E-state index in [9.17, 15) is 0 Å². The summed E-state index contributed by atoms with van der Waals surface area (Å²) in [5.41, 5.74) is 1.94. The Morgan fingerprint density at radius 2 is 2.06 bits per heavy atom. The van der Waals surface area contributed by atoms with Gasteiger partial charge < -0.3 is 14.4 Å². The third kappa shape index (κ3) is 3.32. The fourth-order valence-electron chi connectivity index (χ4n) is 1.52. The van der Waals surface area contributed by atoms with Gasteiger partial charge in [0.1, 0.15) is 12.4 Å². The number of aliphatic hydroxyl groups excluding tert-OH is 1. The number of hydrogen-bond donors (Lipinski definition) is 1. The van der Waals surface area contributed by atoms with E-state index in [4.69, 9.17) is 14.4 Å². The zero-order valence-corrected chi connectivity index (χ0v) is 9.72. The zero-order valence-electron chi connectivity index (χ0n) is 9.72. The maximum absolute atomic E-state index is 8.79. The number of aryl methyl sites for hydroxylation is 1. The number of aromatic nitrogens is 1. The van der Waals surface area contributed by atoms with Crippen molar-refractivity contribution in [3.05, 3.63) is 47.3 Å². The van der Waals surface area contributed by atoms with Crippen molar-refractivity contribution in [1.29, 1.82) is 0 Å². The van der Waals surface area contributed by atoms with E-state index in [1.807, 2.05) is 37.3 Å². The molecule has 0 saturated heterocycles. The minimum Gasteiger partial charge on any atom is -0.486 e. The highest BCUT2D eigenvalue weighted by Crippen LogP contribution is 2.14. The smallest absolute Gasteiger partial charge is 0.174 e. The first-order valence-corrected chi connectivity index (χ1v) is 5.53. The van der Waals surface area contributed by atoms with Crippen LogP contribution in [0.1, 0.15) is 17.0 Å². The second-order valence-corrected chi connectivity index (χ2v) is 3.84. The van der Waals surface area contributed by atoms with E-state index in [1.54, 1.807) is 0 Å². The number of benzene rings is 1. The van der Waals surface area contributed by atoms with Crippen molar-refractivity contribution in [2.45, 2.75) is 20.0 Å². The van der Waals surface area contributed by atoms with Crippen LogP contribution in [-0.2, 0) is 13.0 Å². The summed E-state index contributed by atoms with van der Waals surface area (Å²) in [5, 5.41) is 12.6. The van der Waals surface area contributed by atoms with Gasteiger partial charge in [0, 0.05) is 12.7 Å². The largest absolute Gasteiger partial charge is 0.486 e. The lowest BCUT2D eigenvalue weighted by molar-refractivity contribution is 0.248. The Labute approximate surface area is 99.8 Å². The maximum Gasteiger partial charge on any atom is 0.174 e. The van der Waals surface area contributed by atoms with Crippen LogP contribution in [0.2, 0.25) is 0 Å². The van der Waals surface area contributed by atoms with Gasteiger partial charge in [-0.1, -0.05) is 17.3 Å². The Balaban J connectivity index is 1.90. The molecule has 2 aromatic rings. The van der Waals surface area contributed by atoms with Gasteiger partial charge >= 0.3 is 0 Å². The van der Waals surface area contributed by atoms with Crippen molar-refractivity contribution in [2.24, 2.45) is 0 Å². The van der Waals surface area contributed by atoms with Crippen molar-refractivity contribution in [2.75, 3.05) is 6.61 Å². The summed E-state index contributed by atoms with van der Waals surface area (Å²) in [6, 6.07) is 9.50. The van der Waals surface area contributed by atoms with Crippen LogP contribution >= 0.6 is 0 Å². The summed E-state index contributed by atoms with van der Waals surface area (Å²) < 4.78 is 10.6. The predicted molar refractivity (Wildman–Crippen MR) is 62.8 cm³/mol. The van der Waals surface area contributed by atoms with Crippen molar-refractivity contribution in [1.82, 2.24) is 5.16 Å². The van der Waals surface area contributed by atoms with Gasteiger partial charge in [0.25, 0.3) is 0 Å². The number of nitrogens with zero attached hydrogens (tertiary/aromatic N) is 1. The Kier molecular flexibility index (Phi) is 3.77. The molecular weight excluding hydrogens is 218 g/mol. The molecule has 1 aromatic heterocycles. The molecule has 0 fully saturated rings. The lowest BCUT2D eigenvalue weighted by Gasteiger charge is -2.04. The minimum atomic E-state index is 0.164. The third-order valence-corrected chi connectivity index (χ3v) is 2.38. The van der Waals surface area contributed by atoms with Crippen LogP contribution in [0, 0.1) is 6.92 Å². The van der Waals surface area contributed by atoms with Crippen LogP contribution < -0.4 is 4.74 Å². The van der Waals surface area contributed by atoms with E-state index >= 15 is 0 Å². The standard InChI is InChI=1S/C13H15NO3/c1-10-8-13(17-14-10)9-16-12-4-2-11(3-5-12)6-7-15/h2-5,8,15H,6-7,9H2,1H3. The first kappa shape index (κ1) is 11.7. The normalized spacial score (nSPS) is 10.5. The average molecular weight is 233 g/mol. The van der Waals surface area contributed by atoms with Gasteiger partial charge in [0.15, 0.2) is 5.76 Å². The molecule has 0 unspecified atom stereocenters. The molecule has 2 rings (SSSR count). The van der Waals surface area contributed by atoms with Gasteiger partial charge in [0.2, 0.25) is 0 Å². The van der Waals surface area contributed by atoms with Crippen LogP contribution in [0.15, 0.2) is 34.9 Å². The first-order valence-electron chi connectivity index (χ1n) is 5.53. The summed E-state index contributed by atoms with van der Waals surface area (Å²) in [6.07, 6.45) is 0.668. The van der Waals surface area contributed by atoms with Crippen molar-refractivity contribution < 1.29 is 14.4 Å². The van der Waals surface area contributed by atoms with Gasteiger partial charge in [-0.3, -0.25) is 0 Å². The Morgan fingerprint density at radius 1 is 1.29 bits per heavy atom. The van der Waals surface area contributed by atoms with Gasteiger partial charge in [-0.2, -0.15) is 0 Å². The molecule has 0 spiro atoms. The monoisotopic (exact) mass is 233 g/mol. The van der Waals surface area contributed by atoms with Crippen molar-refractivity contribution >= 4 is 0 Å². The van der Waals surface area contributed by atoms with Gasteiger partial charge in [-0.15, -0.1) is 0 Å². The molecule has 0 aliphatic rings. The molecule has 90 valence electrons. The first-order chi connectivity index (χ1) is 8.28. The molecule has 0 radical (unpaired) electrons. The SMILES string of the molecule is Cc1cc(COc2ccc(CCO)cc2)on1. The molecule has 1 aromatic carbocycles. The van der Waals surface area contributed by atoms with Gasteiger partial charge in [-0.25, -0.2) is 0 Å². The Hall–Kier alpha value is -1.81. The van der Waals surface area contributed by atoms with E-state index in [2.05, 4.69) is 5.16 Å². The quantitative estimate of drug-likeness (QED) is 0.859. The molecular formula is C13H15NO3. The fraction of sp³-hybridized carbons (Fsp3) is 0.308. The molecule has 4 nitrogen and oxygen atoms in total. The fourth-order valence-corrected chi connectivity index (χ4v) is 1.52. The van der Waals surface area contributed by atoms with Crippen LogP contribution in [-0.4, -0.2) is 16.9 Å². The predicted octanol–water partition coefficient (Wildman–Crippen LogP) is 2.10. The molecule has 17 heavy (non-hydrogen) atoms.